The van der Waals surface area contributed by atoms with Gasteiger partial charge in [-0.15, -0.1) is 11.3 Å². The molecular formula is C19H11N3S. The van der Waals surface area contributed by atoms with Gasteiger partial charge in [-0.2, -0.15) is 0 Å². The molecule has 0 aliphatic heterocycles. The van der Waals surface area contributed by atoms with Gasteiger partial charge in [-0.1, -0.05) is 24.3 Å². The van der Waals surface area contributed by atoms with Crippen LogP contribution in [0.2, 0.25) is 0 Å². The molecule has 0 spiro atoms. The second-order valence-electron chi connectivity index (χ2n) is 5.37. The molecule has 0 fully saturated rings. The number of hydrogen-bond donors (Lipinski definition) is 0. The molecule has 0 radical (unpaired) electrons. The van der Waals surface area contributed by atoms with Crippen LogP contribution in [0.4, 0.5) is 0 Å². The van der Waals surface area contributed by atoms with Gasteiger partial charge < -0.3 is 0 Å². The highest BCUT2D eigenvalue weighted by atomic mass is 32.1. The van der Waals surface area contributed by atoms with Crippen LogP contribution < -0.4 is 0 Å². The number of benzene rings is 1. The maximum absolute atomic E-state index is 4.68. The third-order valence-electron chi connectivity index (χ3n) is 4.03. The van der Waals surface area contributed by atoms with E-state index in [4.69, 9.17) is 0 Å². The Kier molecular flexibility index (Phi) is 2.66. The van der Waals surface area contributed by atoms with E-state index >= 15 is 0 Å². The molecule has 23 heavy (non-hydrogen) atoms. The highest BCUT2D eigenvalue weighted by Gasteiger charge is 2.14. The summed E-state index contributed by atoms with van der Waals surface area (Å²) >= 11 is 1.75. The van der Waals surface area contributed by atoms with Crippen molar-refractivity contribution in [1.29, 1.82) is 0 Å². The first-order valence-electron chi connectivity index (χ1n) is 7.38. The third kappa shape index (κ3) is 1.85. The van der Waals surface area contributed by atoms with E-state index in [1.807, 2.05) is 30.7 Å². The summed E-state index contributed by atoms with van der Waals surface area (Å²) in [5.41, 5.74) is 4.00. The van der Waals surface area contributed by atoms with Gasteiger partial charge in [0.25, 0.3) is 0 Å². The van der Waals surface area contributed by atoms with E-state index in [0.717, 1.165) is 33.1 Å². The van der Waals surface area contributed by atoms with E-state index in [0.29, 0.717) is 0 Å². The Labute approximate surface area is 136 Å². The van der Waals surface area contributed by atoms with E-state index in [1.54, 1.807) is 11.3 Å². The van der Waals surface area contributed by atoms with Crippen LogP contribution in [0.25, 0.3) is 42.5 Å². The minimum absolute atomic E-state index is 0.955. The zero-order chi connectivity index (χ0) is 15.2. The average Bonchev–Trinajstić information content (AvgIpc) is 3.00. The summed E-state index contributed by atoms with van der Waals surface area (Å²) < 4.78 is 2.39. The Morgan fingerprint density at radius 2 is 1.48 bits per heavy atom. The number of nitrogens with zero attached hydrogens (tertiary/aromatic N) is 3. The molecule has 0 amide bonds. The largest absolute Gasteiger partial charge is 0.256 e. The smallest absolute Gasteiger partial charge is 0.0910 e. The molecule has 108 valence electrons. The van der Waals surface area contributed by atoms with Crippen molar-refractivity contribution in [3.8, 4) is 11.3 Å². The van der Waals surface area contributed by atoms with Gasteiger partial charge in [-0.05, 0) is 24.3 Å². The lowest BCUT2D eigenvalue weighted by Gasteiger charge is -2.06. The molecule has 0 bridgehead atoms. The lowest BCUT2D eigenvalue weighted by molar-refractivity contribution is 1.35. The zero-order valence-corrected chi connectivity index (χ0v) is 12.9. The molecule has 4 heterocycles. The molecule has 1 aromatic carbocycles. The standard InChI is InChI=1S/C19H11N3S/c1-4-12-5-2-9-20-17(12)13(6-1)18-16-14(8-11-22-18)23-15-7-3-10-21-19(15)16/h1-11H. The van der Waals surface area contributed by atoms with Crippen molar-refractivity contribution in [2.75, 3.05) is 0 Å². The van der Waals surface area contributed by atoms with Crippen molar-refractivity contribution in [2.24, 2.45) is 0 Å². The molecule has 0 saturated heterocycles. The highest BCUT2D eigenvalue weighted by Crippen LogP contribution is 2.38. The fraction of sp³-hybridized carbons (Fsp3) is 0. The van der Waals surface area contributed by atoms with Gasteiger partial charge in [-0.25, -0.2) is 0 Å². The van der Waals surface area contributed by atoms with E-state index in [-0.39, 0.29) is 0 Å². The van der Waals surface area contributed by atoms with Gasteiger partial charge in [0.15, 0.2) is 0 Å². The van der Waals surface area contributed by atoms with Crippen LogP contribution in [0.3, 0.4) is 0 Å². The van der Waals surface area contributed by atoms with E-state index in [2.05, 4.69) is 51.4 Å². The lowest BCUT2D eigenvalue weighted by Crippen LogP contribution is -1.88. The molecule has 0 aliphatic carbocycles. The van der Waals surface area contributed by atoms with Crippen LogP contribution >= 0.6 is 11.3 Å². The van der Waals surface area contributed by atoms with Crippen LogP contribution in [-0.2, 0) is 0 Å². The number of rotatable bonds is 1. The number of fused-ring (bicyclic) bond motifs is 4. The normalized spacial score (nSPS) is 11.5. The summed E-state index contributed by atoms with van der Waals surface area (Å²) in [7, 11) is 0. The molecule has 0 N–H and O–H groups in total. The summed E-state index contributed by atoms with van der Waals surface area (Å²) in [5.74, 6) is 0. The lowest BCUT2D eigenvalue weighted by atomic mass is 10.0. The first kappa shape index (κ1) is 12.7. The van der Waals surface area contributed by atoms with Gasteiger partial charge >= 0.3 is 0 Å². The second kappa shape index (κ2) is 4.83. The van der Waals surface area contributed by atoms with Crippen LogP contribution in [0, 0.1) is 0 Å². The summed E-state index contributed by atoms with van der Waals surface area (Å²) in [6.45, 7) is 0. The van der Waals surface area contributed by atoms with Gasteiger partial charge in [0.1, 0.15) is 0 Å². The predicted molar refractivity (Wildman–Crippen MR) is 95.7 cm³/mol. The van der Waals surface area contributed by atoms with Crippen LogP contribution in [0.5, 0.6) is 0 Å². The van der Waals surface area contributed by atoms with Crippen molar-refractivity contribution >= 4 is 42.5 Å². The monoisotopic (exact) mass is 313 g/mol. The summed E-state index contributed by atoms with van der Waals surface area (Å²) in [5, 5.41) is 2.24. The summed E-state index contributed by atoms with van der Waals surface area (Å²) in [6.07, 6.45) is 5.54. The quantitative estimate of drug-likeness (QED) is 0.434. The van der Waals surface area contributed by atoms with Gasteiger partial charge in [-0.3, -0.25) is 15.0 Å². The highest BCUT2D eigenvalue weighted by molar-refractivity contribution is 7.25. The number of para-hydroxylation sites is 1. The minimum atomic E-state index is 0.955. The van der Waals surface area contributed by atoms with Crippen molar-refractivity contribution in [3.05, 3.63) is 67.1 Å². The molecule has 0 saturated carbocycles. The number of thiophene rings is 1. The Bertz CT molecular complexity index is 1170. The molecule has 0 unspecified atom stereocenters. The zero-order valence-electron chi connectivity index (χ0n) is 12.1. The van der Waals surface area contributed by atoms with Crippen LogP contribution in [0.1, 0.15) is 0 Å². The maximum Gasteiger partial charge on any atom is 0.0910 e. The Balaban J connectivity index is 1.96. The van der Waals surface area contributed by atoms with Gasteiger partial charge in [0, 0.05) is 39.6 Å². The average molecular weight is 313 g/mol. The molecular weight excluding hydrogens is 302 g/mol. The topological polar surface area (TPSA) is 38.7 Å². The fourth-order valence-corrected chi connectivity index (χ4v) is 4.10. The van der Waals surface area contributed by atoms with Crippen molar-refractivity contribution < 1.29 is 0 Å². The molecule has 5 aromatic rings. The minimum Gasteiger partial charge on any atom is -0.256 e. The molecule has 0 aliphatic rings. The predicted octanol–water partition coefficient (Wildman–Crippen LogP) is 5.06. The van der Waals surface area contributed by atoms with E-state index in [1.165, 1.54) is 9.40 Å². The van der Waals surface area contributed by atoms with E-state index < -0.39 is 0 Å². The van der Waals surface area contributed by atoms with Crippen LogP contribution in [0.15, 0.2) is 67.1 Å². The molecule has 4 aromatic heterocycles. The number of hydrogen-bond acceptors (Lipinski definition) is 4. The van der Waals surface area contributed by atoms with E-state index in [9.17, 15) is 0 Å². The van der Waals surface area contributed by atoms with Gasteiger partial charge in [0.05, 0.1) is 21.4 Å². The fourth-order valence-electron chi connectivity index (χ4n) is 3.04. The molecule has 4 heteroatoms. The Morgan fingerprint density at radius 3 is 2.43 bits per heavy atom. The molecule has 3 nitrogen and oxygen atoms in total. The van der Waals surface area contributed by atoms with Crippen molar-refractivity contribution in [1.82, 2.24) is 15.0 Å². The molecule has 5 rings (SSSR count). The van der Waals surface area contributed by atoms with Gasteiger partial charge in [0.2, 0.25) is 0 Å². The second-order valence-corrected chi connectivity index (χ2v) is 6.45. The van der Waals surface area contributed by atoms with Crippen molar-refractivity contribution in [3.63, 3.8) is 0 Å². The maximum atomic E-state index is 4.68. The third-order valence-corrected chi connectivity index (χ3v) is 5.14. The Morgan fingerprint density at radius 1 is 0.652 bits per heavy atom. The summed E-state index contributed by atoms with van der Waals surface area (Å²) in [6, 6.07) is 16.4. The van der Waals surface area contributed by atoms with Crippen molar-refractivity contribution in [2.45, 2.75) is 0 Å². The SMILES string of the molecule is c1cnc2c(-c3nccc4sc5cccnc5c34)cccc2c1. The first-order chi connectivity index (χ1) is 11.4. The Hall–Kier alpha value is -2.85. The molecule has 0 atom stereocenters. The first-order valence-corrected chi connectivity index (χ1v) is 8.20. The van der Waals surface area contributed by atoms with Crippen LogP contribution in [-0.4, -0.2) is 15.0 Å². The number of aromatic nitrogens is 3. The number of pyridine rings is 3. The summed E-state index contributed by atoms with van der Waals surface area (Å²) in [4.78, 5) is 13.8.